The van der Waals surface area contributed by atoms with Crippen LogP contribution in [-0.4, -0.2) is 29.0 Å². The van der Waals surface area contributed by atoms with Gasteiger partial charge in [-0.15, -0.1) is 0 Å². The second kappa shape index (κ2) is 6.00. The normalized spacial score (nSPS) is 18.5. The summed E-state index contributed by atoms with van der Waals surface area (Å²) in [6.07, 6.45) is 1.57. The van der Waals surface area contributed by atoms with Gasteiger partial charge in [-0.25, -0.2) is 0 Å². The molecule has 1 amide bonds. The monoisotopic (exact) mass is 371 g/mol. The summed E-state index contributed by atoms with van der Waals surface area (Å²) in [5.74, 6) is 0.0432. The van der Waals surface area contributed by atoms with Gasteiger partial charge in [0.15, 0.2) is 5.11 Å². The van der Waals surface area contributed by atoms with Crippen molar-refractivity contribution in [3.05, 3.63) is 64.7 Å². The summed E-state index contributed by atoms with van der Waals surface area (Å²) < 4.78 is 0. The Hall–Kier alpha value is -2.11. The van der Waals surface area contributed by atoms with Gasteiger partial charge in [-0.05, 0) is 61.0 Å². The van der Waals surface area contributed by atoms with Gasteiger partial charge in [-0.2, -0.15) is 0 Å². The molecule has 0 atom stereocenters. The van der Waals surface area contributed by atoms with E-state index in [0.29, 0.717) is 10.1 Å². The van der Waals surface area contributed by atoms with Crippen molar-refractivity contribution in [2.75, 3.05) is 18.0 Å². The number of thiocarbonyl (C=S) groups is 1. The number of anilines is 1. The van der Waals surface area contributed by atoms with E-state index in [9.17, 15) is 4.79 Å². The van der Waals surface area contributed by atoms with Gasteiger partial charge in [0.2, 0.25) is 0 Å². The molecular weight excluding hydrogens is 354 g/mol. The van der Waals surface area contributed by atoms with Crippen molar-refractivity contribution in [2.24, 2.45) is 5.73 Å². The van der Waals surface area contributed by atoms with Crippen LogP contribution in [0.1, 0.15) is 28.8 Å². The lowest BCUT2D eigenvalue weighted by molar-refractivity contribution is 0.0958. The smallest absolute Gasteiger partial charge is 0.259 e. The van der Waals surface area contributed by atoms with Gasteiger partial charge in [0.1, 0.15) is 0 Å². The first-order chi connectivity index (χ1) is 12.0. The van der Waals surface area contributed by atoms with Gasteiger partial charge in [0.25, 0.3) is 5.91 Å². The van der Waals surface area contributed by atoms with E-state index in [1.165, 1.54) is 0 Å². The van der Waals surface area contributed by atoms with E-state index in [1.807, 2.05) is 52.3 Å². The van der Waals surface area contributed by atoms with Crippen LogP contribution in [0.4, 0.5) is 5.69 Å². The fraction of sp³-hybridized carbons (Fsp3) is 0.263. The van der Waals surface area contributed by atoms with Crippen molar-refractivity contribution in [2.45, 2.75) is 18.4 Å². The Morgan fingerprint density at radius 1 is 1.08 bits per heavy atom. The number of benzene rings is 2. The fourth-order valence-corrected chi connectivity index (χ4v) is 4.36. The first kappa shape index (κ1) is 16.4. The van der Waals surface area contributed by atoms with E-state index in [4.69, 9.17) is 29.6 Å². The third-order valence-corrected chi connectivity index (χ3v) is 5.79. The topological polar surface area (TPSA) is 49.6 Å². The Kier molecular flexibility index (Phi) is 3.93. The molecule has 1 saturated heterocycles. The highest BCUT2D eigenvalue weighted by atomic mass is 35.5. The summed E-state index contributed by atoms with van der Waals surface area (Å²) in [7, 11) is 0. The molecule has 4 rings (SSSR count). The summed E-state index contributed by atoms with van der Waals surface area (Å²) in [5, 5.41) is 1.08. The Balaban J connectivity index is 1.81. The quantitative estimate of drug-likeness (QED) is 0.779. The molecule has 128 valence electrons. The molecule has 2 aliphatic heterocycles. The first-order valence-electron chi connectivity index (χ1n) is 8.27. The van der Waals surface area contributed by atoms with Crippen LogP contribution in [-0.2, 0) is 5.54 Å². The number of nitrogens with zero attached hydrogens (tertiary/aromatic N) is 2. The van der Waals surface area contributed by atoms with Crippen molar-refractivity contribution >= 4 is 40.5 Å². The Morgan fingerprint density at radius 2 is 1.72 bits per heavy atom. The zero-order chi connectivity index (χ0) is 17.6. The van der Waals surface area contributed by atoms with Gasteiger partial charge < -0.3 is 10.6 Å². The molecule has 25 heavy (non-hydrogen) atoms. The molecule has 0 aromatic heterocycles. The van der Waals surface area contributed by atoms with Crippen LogP contribution >= 0.6 is 23.8 Å². The largest absolute Gasteiger partial charge is 0.376 e. The molecule has 0 saturated carbocycles. The van der Waals surface area contributed by atoms with Crippen LogP contribution in [0.25, 0.3) is 0 Å². The third kappa shape index (κ3) is 2.50. The molecule has 0 bridgehead atoms. The number of piperidine rings is 1. The minimum absolute atomic E-state index is 0.0432. The van der Waals surface area contributed by atoms with Crippen LogP contribution in [0.2, 0.25) is 5.02 Å². The molecule has 2 aromatic rings. The molecule has 0 radical (unpaired) electrons. The molecule has 1 fully saturated rings. The molecule has 1 spiro atoms. The van der Waals surface area contributed by atoms with Crippen LogP contribution in [0.3, 0.4) is 0 Å². The number of hydrogen-bond acceptors (Lipinski definition) is 2. The summed E-state index contributed by atoms with van der Waals surface area (Å²) >= 11 is 11.2. The van der Waals surface area contributed by atoms with Crippen LogP contribution < -0.4 is 10.6 Å². The van der Waals surface area contributed by atoms with E-state index in [2.05, 4.69) is 6.07 Å². The summed E-state index contributed by atoms with van der Waals surface area (Å²) in [4.78, 5) is 17.1. The maximum atomic E-state index is 13.2. The van der Waals surface area contributed by atoms with E-state index in [0.717, 1.165) is 42.7 Å². The van der Waals surface area contributed by atoms with Crippen LogP contribution in [0, 0.1) is 0 Å². The molecule has 6 heteroatoms. The Morgan fingerprint density at radius 3 is 2.36 bits per heavy atom. The maximum absolute atomic E-state index is 13.2. The van der Waals surface area contributed by atoms with Crippen molar-refractivity contribution in [1.29, 1.82) is 0 Å². The lowest BCUT2D eigenvalue weighted by Gasteiger charge is -2.45. The van der Waals surface area contributed by atoms with Crippen LogP contribution in [0.15, 0.2) is 48.5 Å². The van der Waals surface area contributed by atoms with Crippen molar-refractivity contribution < 1.29 is 4.79 Å². The molecular formula is C19H18ClN3OS. The lowest BCUT2D eigenvalue weighted by atomic mass is 9.80. The van der Waals surface area contributed by atoms with E-state index < -0.39 is 0 Å². The average molecular weight is 372 g/mol. The average Bonchev–Trinajstić information content (AvgIpc) is 2.86. The molecule has 2 heterocycles. The SMILES string of the molecule is NC(=S)N1CCC2(CC1)c1ccccc1C(=O)N2c1ccc(Cl)cc1. The first-order valence-corrected chi connectivity index (χ1v) is 9.05. The standard InChI is InChI=1S/C19H18ClN3OS/c20-13-5-7-14(8-6-13)23-17(24)15-3-1-2-4-16(15)19(23)9-11-22(12-10-19)18(21)25/h1-8H,9-12H2,(H2,21,25). The second-order valence-corrected chi connectivity index (χ2v) is 7.37. The van der Waals surface area contributed by atoms with E-state index in [1.54, 1.807) is 0 Å². The number of likely N-dealkylation sites (tertiary alicyclic amines) is 1. The van der Waals surface area contributed by atoms with Gasteiger partial charge in [-0.1, -0.05) is 29.8 Å². The van der Waals surface area contributed by atoms with Crippen molar-refractivity contribution in [3.8, 4) is 0 Å². The zero-order valence-electron chi connectivity index (χ0n) is 13.6. The van der Waals surface area contributed by atoms with Gasteiger partial charge in [0, 0.05) is 29.4 Å². The van der Waals surface area contributed by atoms with Crippen molar-refractivity contribution in [1.82, 2.24) is 4.90 Å². The molecule has 4 nitrogen and oxygen atoms in total. The highest BCUT2D eigenvalue weighted by molar-refractivity contribution is 7.80. The number of amides is 1. The predicted octanol–water partition coefficient (Wildman–Crippen LogP) is 3.54. The summed E-state index contributed by atoms with van der Waals surface area (Å²) in [6, 6.07) is 15.4. The number of rotatable bonds is 1. The Labute approximate surface area is 157 Å². The Bertz CT molecular complexity index is 844. The van der Waals surface area contributed by atoms with Gasteiger partial charge in [0.05, 0.1) is 5.54 Å². The minimum atomic E-state index is -0.358. The van der Waals surface area contributed by atoms with E-state index in [-0.39, 0.29) is 11.4 Å². The summed E-state index contributed by atoms with van der Waals surface area (Å²) in [6.45, 7) is 1.47. The third-order valence-electron chi connectivity index (χ3n) is 5.28. The number of fused-ring (bicyclic) bond motifs is 2. The van der Waals surface area contributed by atoms with Gasteiger partial charge in [-0.3, -0.25) is 9.69 Å². The number of carbonyl (C=O) groups excluding carboxylic acids is 1. The number of carbonyl (C=O) groups is 1. The molecule has 0 unspecified atom stereocenters. The predicted molar refractivity (Wildman–Crippen MR) is 104 cm³/mol. The number of halogens is 1. The van der Waals surface area contributed by atoms with Crippen molar-refractivity contribution in [3.63, 3.8) is 0 Å². The maximum Gasteiger partial charge on any atom is 0.259 e. The number of hydrogen-bond donors (Lipinski definition) is 1. The summed E-state index contributed by atoms with van der Waals surface area (Å²) in [5.41, 5.74) is 8.19. The van der Waals surface area contributed by atoms with Crippen LogP contribution in [0.5, 0.6) is 0 Å². The zero-order valence-corrected chi connectivity index (χ0v) is 15.2. The molecule has 0 aliphatic carbocycles. The molecule has 2 N–H and O–H groups in total. The second-order valence-electron chi connectivity index (χ2n) is 6.52. The molecule has 2 aromatic carbocycles. The highest BCUT2D eigenvalue weighted by Gasteiger charge is 2.51. The fourth-order valence-electron chi connectivity index (χ4n) is 4.06. The lowest BCUT2D eigenvalue weighted by Crippen LogP contribution is -2.53. The molecule has 2 aliphatic rings. The highest BCUT2D eigenvalue weighted by Crippen LogP contribution is 2.48. The van der Waals surface area contributed by atoms with E-state index >= 15 is 0 Å². The minimum Gasteiger partial charge on any atom is -0.376 e. The van der Waals surface area contributed by atoms with Gasteiger partial charge >= 0.3 is 0 Å². The number of nitrogens with two attached hydrogens (primary N) is 1.